The van der Waals surface area contributed by atoms with Crippen LogP contribution in [0.2, 0.25) is 0 Å². The molecule has 22 heavy (non-hydrogen) atoms. The normalized spacial score (nSPS) is 13.0. The Balaban J connectivity index is 2.76. The molecular formula is C18H28N2O2. The summed E-state index contributed by atoms with van der Waals surface area (Å²) in [5.74, 6) is 1.23. The lowest BCUT2D eigenvalue weighted by molar-refractivity contribution is 0.240. The molecule has 0 heterocycles. The number of allylic oxidation sites excluding steroid dienone is 1. The van der Waals surface area contributed by atoms with Gasteiger partial charge in [0.2, 0.25) is 0 Å². The number of carbonyl (C=O) groups excluding carboxylic acids is 1. The molecule has 122 valence electrons. The Bertz CT molecular complexity index is 536. The Hall–Kier alpha value is -1.97. The minimum Gasteiger partial charge on any atom is -0.494 e. The van der Waals surface area contributed by atoms with Gasteiger partial charge in [-0.3, -0.25) is 0 Å². The number of rotatable bonds is 6. The first-order valence-corrected chi connectivity index (χ1v) is 7.82. The number of carbonyl (C=O) groups is 1. The Morgan fingerprint density at radius 2 is 2.00 bits per heavy atom. The van der Waals surface area contributed by atoms with Gasteiger partial charge >= 0.3 is 6.03 Å². The molecule has 0 bridgehead atoms. The fourth-order valence-corrected chi connectivity index (χ4v) is 1.96. The monoisotopic (exact) mass is 304 g/mol. The predicted molar refractivity (Wildman–Crippen MR) is 91.0 cm³/mol. The second-order valence-corrected chi connectivity index (χ2v) is 5.86. The molecule has 0 aliphatic heterocycles. The van der Waals surface area contributed by atoms with Crippen LogP contribution in [-0.2, 0) is 0 Å². The van der Waals surface area contributed by atoms with Gasteiger partial charge in [-0.2, -0.15) is 0 Å². The van der Waals surface area contributed by atoms with E-state index in [0.717, 1.165) is 22.4 Å². The average Bonchev–Trinajstić information content (AvgIpc) is 2.46. The van der Waals surface area contributed by atoms with Gasteiger partial charge in [0.15, 0.2) is 0 Å². The average molecular weight is 304 g/mol. The van der Waals surface area contributed by atoms with Crippen molar-refractivity contribution < 1.29 is 9.53 Å². The van der Waals surface area contributed by atoms with Gasteiger partial charge in [-0.25, -0.2) is 4.79 Å². The molecule has 2 N–H and O–H groups in total. The summed E-state index contributed by atoms with van der Waals surface area (Å²) in [7, 11) is 0. The van der Waals surface area contributed by atoms with Crippen LogP contribution in [0.4, 0.5) is 4.79 Å². The third kappa shape index (κ3) is 5.43. The summed E-state index contributed by atoms with van der Waals surface area (Å²) in [5, 5.41) is 5.72. The van der Waals surface area contributed by atoms with Crippen molar-refractivity contribution in [3.63, 3.8) is 0 Å². The minimum atomic E-state index is -0.212. The lowest BCUT2D eigenvalue weighted by atomic mass is 10.0. The molecule has 0 fully saturated rings. The first-order valence-electron chi connectivity index (χ1n) is 7.82. The Kier molecular flexibility index (Phi) is 6.96. The third-order valence-corrected chi connectivity index (χ3v) is 3.62. The fourth-order valence-electron chi connectivity index (χ4n) is 1.96. The summed E-state index contributed by atoms with van der Waals surface area (Å²) in [6.07, 6.45) is 1.76. The van der Waals surface area contributed by atoms with Gasteiger partial charge in [-0.05, 0) is 39.7 Å². The summed E-state index contributed by atoms with van der Waals surface area (Å²) < 4.78 is 5.64. The van der Waals surface area contributed by atoms with E-state index in [1.165, 1.54) is 0 Å². The van der Waals surface area contributed by atoms with E-state index >= 15 is 0 Å². The molecule has 0 aromatic heterocycles. The van der Waals surface area contributed by atoms with Gasteiger partial charge in [0.05, 0.1) is 12.6 Å². The first kappa shape index (κ1) is 18.1. The van der Waals surface area contributed by atoms with Gasteiger partial charge in [-0.1, -0.05) is 37.1 Å². The summed E-state index contributed by atoms with van der Waals surface area (Å²) in [6, 6.07) is 5.67. The highest BCUT2D eigenvalue weighted by Gasteiger charge is 2.14. The van der Waals surface area contributed by atoms with E-state index in [4.69, 9.17) is 4.74 Å². The van der Waals surface area contributed by atoms with Crippen LogP contribution in [0.15, 0.2) is 30.0 Å². The maximum absolute atomic E-state index is 12.0. The number of hydrogen-bond acceptors (Lipinski definition) is 2. The topological polar surface area (TPSA) is 50.4 Å². The van der Waals surface area contributed by atoms with Crippen molar-refractivity contribution in [2.24, 2.45) is 5.92 Å². The molecule has 0 saturated carbocycles. The number of benzene rings is 1. The highest BCUT2D eigenvalue weighted by Crippen LogP contribution is 2.26. The van der Waals surface area contributed by atoms with Crippen LogP contribution >= 0.6 is 0 Å². The second kappa shape index (κ2) is 8.47. The number of hydrogen-bond donors (Lipinski definition) is 2. The van der Waals surface area contributed by atoms with E-state index in [9.17, 15) is 4.79 Å². The number of urea groups is 1. The maximum Gasteiger partial charge on any atom is 0.319 e. The van der Waals surface area contributed by atoms with Crippen molar-refractivity contribution in [3.05, 3.63) is 41.1 Å². The van der Waals surface area contributed by atoms with Crippen molar-refractivity contribution in [2.45, 2.75) is 47.6 Å². The molecular weight excluding hydrogens is 276 g/mol. The van der Waals surface area contributed by atoms with Crippen LogP contribution < -0.4 is 15.4 Å². The van der Waals surface area contributed by atoms with Crippen LogP contribution in [-0.4, -0.2) is 12.6 Å². The Labute approximate surface area is 133 Å². The Morgan fingerprint density at radius 3 is 2.59 bits per heavy atom. The number of aryl methyl sites for hydroxylation is 1. The van der Waals surface area contributed by atoms with E-state index in [-0.39, 0.29) is 12.1 Å². The zero-order chi connectivity index (χ0) is 16.7. The highest BCUT2D eigenvalue weighted by molar-refractivity contribution is 5.75. The molecule has 0 saturated heterocycles. The van der Waals surface area contributed by atoms with Gasteiger partial charge in [0.1, 0.15) is 5.75 Å². The molecule has 1 aromatic rings. The van der Waals surface area contributed by atoms with Gasteiger partial charge in [-0.15, -0.1) is 0 Å². The summed E-state index contributed by atoms with van der Waals surface area (Å²) in [4.78, 5) is 12.0. The molecule has 0 aliphatic rings. The fraction of sp³-hybridized carbons (Fsp3) is 0.500. The molecule has 1 rings (SSSR count). The molecule has 0 spiro atoms. The van der Waals surface area contributed by atoms with Crippen molar-refractivity contribution in [2.75, 3.05) is 6.61 Å². The highest BCUT2D eigenvalue weighted by atomic mass is 16.5. The van der Waals surface area contributed by atoms with Gasteiger partial charge in [0.25, 0.3) is 0 Å². The molecule has 0 aliphatic carbocycles. The first-order chi connectivity index (χ1) is 10.3. The van der Waals surface area contributed by atoms with E-state index in [1.54, 1.807) is 6.20 Å². The predicted octanol–water partition coefficient (Wildman–Crippen LogP) is 4.31. The standard InChI is InChI=1S/C18H28N2O2/c1-7-22-17-9-8-13(4)10-16(17)15(6)20-18(21)19-11-14(5)12(2)3/h8-12,15H,7H2,1-6H3,(H2,19,20,21)/b14-11+. The molecule has 2 amide bonds. The second-order valence-electron chi connectivity index (χ2n) is 5.86. The number of amides is 2. The summed E-state index contributed by atoms with van der Waals surface area (Å²) in [5.41, 5.74) is 3.26. The maximum atomic E-state index is 12.0. The summed E-state index contributed by atoms with van der Waals surface area (Å²) in [6.45, 7) is 12.7. The van der Waals surface area contributed by atoms with Gasteiger partial charge in [0, 0.05) is 11.8 Å². The largest absolute Gasteiger partial charge is 0.494 e. The number of ether oxygens (including phenoxy) is 1. The zero-order valence-electron chi connectivity index (χ0n) is 14.5. The molecule has 4 heteroatoms. The van der Waals surface area contributed by atoms with E-state index < -0.39 is 0 Å². The van der Waals surface area contributed by atoms with Crippen LogP contribution in [0.3, 0.4) is 0 Å². The lowest BCUT2D eigenvalue weighted by Gasteiger charge is -2.18. The van der Waals surface area contributed by atoms with Crippen molar-refractivity contribution in [1.82, 2.24) is 10.6 Å². The SMILES string of the molecule is CCOc1ccc(C)cc1C(C)NC(=O)N/C=C(\C)C(C)C. The van der Waals surface area contributed by atoms with Crippen molar-refractivity contribution >= 4 is 6.03 Å². The lowest BCUT2D eigenvalue weighted by Crippen LogP contribution is -2.34. The van der Waals surface area contributed by atoms with Crippen LogP contribution in [0.5, 0.6) is 5.75 Å². The number of nitrogens with one attached hydrogen (secondary N) is 2. The van der Waals surface area contributed by atoms with E-state index in [2.05, 4.69) is 24.5 Å². The van der Waals surface area contributed by atoms with Crippen LogP contribution in [0.1, 0.15) is 51.8 Å². The molecule has 1 aromatic carbocycles. The minimum absolute atomic E-state index is 0.130. The van der Waals surface area contributed by atoms with Gasteiger partial charge < -0.3 is 15.4 Å². The summed E-state index contributed by atoms with van der Waals surface area (Å²) >= 11 is 0. The molecule has 0 radical (unpaired) electrons. The van der Waals surface area contributed by atoms with Crippen molar-refractivity contribution in [3.8, 4) is 5.75 Å². The quantitative estimate of drug-likeness (QED) is 0.822. The Morgan fingerprint density at radius 1 is 1.32 bits per heavy atom. The van der Waals surface area contributed by atoms with Crippen molar-refractivity contribution in [1.29, 1.82) is 0 Å². The van der Waals surface area contributed by atoms with Crippen LogP contribution in [0.25, 0.3) is 0 Å². The molecule has 1 atom stereocenters. The third-order valence-electron chi connectivity index (χ3n) is 3.62. The van der Waals surface area contributed by atoms with E-state index in [1.807, 2.05) is 45.9 Å². The zero-order valence-corrected chi connectivity index (χ0v) is 14.5. The molecule has 1 unspecified atom stereocenters. The van der Waals surface area contributed by atoms with Crippen LogP contribution in [0, 0.1) is 12.8 Å². The molecule has 4 nitrogen and oxygen atoms in total. The van der Waals surface area contributed by atoms with E-state index in [0.29, 0.717) is 12.5 Å². The smallest absolute Gasteiger partial charge is 0.319 e.